The Morgan fingerprint density at radius 1 is 1.34 bits per heavy atom. The maximum atomic E-state index is 12.9. The number of hydrogen-bond donors (Lipinski definition) is 2. The van der Waals surface area contributed by atoms with Crippen molar-refractivity contribution in [3.05, 3.63) is 77.4 Å². The van der Waals surface area contributed by atoms with Gasteiger partial charge >= 0.3 is 0 Å². The Morgan fingerprint density at radius 2 is 2.12 bits per heavy atom. The first kappa shape index (κ1) is 21.8. The number of likely N-dealkylation sites (tertiary alicyclic amines) is 1. The van der Waals surface area contributed by atoms with E-state index in [-0.39, 0.29) is 12.5 Å². The number of carbonyl (C=O) groups is 1. The summed E-state index contributed by atoms with van der Waals surface area (Å²) in [6.07, 6.45) is 3.15. The fraction of sp³-hybridized carbons (Fsp3) is 0.375. The van der Waals surface area contributed by atoms with Gasteiger partial charge in [-0.05, 0) is 36.6 Å². The monoisotopic (exact) mass is 432 g/mol. The zero-order valence-corrected chi connectivity index (χ0v) is 18.4. The molecule has 1 saturated heterocycles. The van der Waals surface area contributed by atoms with Crippen molar-refractivity contribution in [3.63, 3.8) is 0 Å². The second-order valence-corrected chi connectivity index (χ2v) is 8.40. The zero-order valence-electron chi connectivity index (χ0n) is 18.4. The molecule has 1 aromatic carbocycles. The number of aliphatic hydroxyl groups excluding tert-OH is 1. The lowest BCUT2D eigenvalue weighted by Crippen LogP contribution is -2.62. The average Bonchev–Trinajstić information content (AvgIpc) is 3.39. The quantitative estimate of drug-likeness (QED) is 0.618. The van der Waals surface area contributed by atoms with Crippen molar-refractivity contribution in [2.45, 2.75) is 38.1 Å². The van der Waals surface area contributed by atoms with Gasteiger partial charge in [-0.3, -0.25) is 14.4 Å². The topological polar surface area (TPSA) is 99.1 Å². The Morgan fingerprint density at radius 3 is 2.75 bits per heavy atom. The summed E-state index contributed by atoms with van der Waals surface area (Å²) in [6, 6.07) is 15.6. The highest BCUT2D eigenvalue weighted by atomic mass is 16.3. The fourth-order valence-electron chi connectivity index (χ4n) is 4.53. The molecule has 8 heteroatoms. The normalized spacial score (nSPS) is 21.2. The summed E-state index contributed by atoms with van der Waals surface area (Å²) in [6.45, 7) is 3.85. The fourth-order valence-corrected chi connectivity index (χ4v) is 4.53. The van der Waals surface area contributed by atoms with Crippen molar-refractivity contribution in [1.82, 2.24) is 24.6 Å². The van der Waals surface area contributed by atoms with Gasteiger partial charge in [0.1, 0.15) is 18.3 Å². The first-order chi connectivity index (χ1) is 15.4. The lowest BCUT2D eigenvalue weighted by Gasteiger charge is -2.46. The molecular formula is C24H28N6O2. The minimum absolute atomic E-state index is 0.0954. The van der Waals surface area contributed by atoms with Crippen LogP contribution in [0.25, 0.3) is 0 Å². The molecule has 1 aliphatic heterocycles. The molecule has 166 valence electrons. The SMILES string of the molecule is Cc1c(CN2CC[C@@](NC(=O)Cn3cccn3)(c3ccccc3)[C@H](O)C2)cc(C#N)n1C. The van der Waals surface area contributed by atoms with E-state index in [9.17, 15) is 15.2 Å². The molecule has 2 aromatic heterocycles. The van der Waals surface area contributed by atoms with Gasteiger partial charge in [-0.15, -0.1) is 0 Å². The Labute approximate surface area is 187 Å². The second kappa shape index (κ2) is 8.99. The van der Waals surface area contributed by atoms with E-state index in [1.54, 1.807) is 23.1 Å². The van der Waals surface area contributed by atoms with Crippen LogP contribution < -0.4 is 5.32 Å². The van der Waals surface area contributed by atoms with Crippen molar-refractivity contribution in [2.24, 2.45) is 7.05 Å². The van der Waals surface area contributed by atoms with E-state index >= 15 is 0 Å². The molecule has 2 atom stereocenters. The van der Waals surface area contributed by atoms with Gasteiger partial charge < -0.3 is 15.0 Å². The molecule has 0 saturated carbocycles. The number of aromatic nitrogens is 3. The van der Waals surface area contributed by atoms with E-state index < -0.39 is 11.6 Å². The highest BCUT2D eigenvalue weighted by molar-refractivity contribution is 5.77. The van der Waals surface area contributed by atoms with Crippen molar-refractivity contribution in [2.75, 3.05) is 13.1 Å². The van der Waals surface area contributed by atoms with Crippen LogP contribution >= 0.6 is 0 Å². The van der Waals surface area contributed by atoms with Crippen LogP contribution in [0.5, 0.6) is 0 Å². The van der Waals surface area contributed by atoms with Crippen LogP contribution in [0.2, 0.25) is 0 Å². The van der Waals surface area contributed by atoms with E-state index in [2.05, 4.69) is 21.4 Å². The van der Waals surface area contributed by atoms with Gasteiger partial charge in [0.15, 0.2) is 0 Å². The van der Waals surface area contributed by atoms with Gasteiger partial charge in [0.25, 0.3) is 0 Å². The number of carbonyl (C=O) groups excluding carboxylic acids is 1. The lowest BCUT2D eigenvalue weighted by molar-refractivity contribution is -0.128. The van der Waals surface area contributed by atoms with E-state index in [0.29, 0.717) is 31.7 Å². The van der Waals surface area contributed by atoms with Crippen LogP contribution in [0.15, 0.2) is 54.9 Å². The predicted octanol–water partition coefficient (Wildman–Crippen LogP) is 1.68. The molecule has 1 fully saturated rings. The lowest BCUT2D eigenvalue weighted by atomic mass is 9.78. The van der Waals surface area contributed by atoms with Crippen LogP contribution in [0.3, 0.4) is 0 Å². The molecule has 0 aliphatic carbocycles. The number of benzene rings is 1. The first-order valence-corrected chi connectivity index (χ1v) is 10.7. The molecular weight excluding hydrogens is 404 g/mol. The highest BCUT2D eigenvalue weighted by Gasteiger charge is 2.45. The number of aliphatic hydroxyl groups is 1. The van der Waals surface area contributed by atoms with Crippen LogP contribution in [-0.4, -0.2) is 49.5 Å². The van der Waals surface area contributed by atoms with Crippen molar-refractivity contribution in [3.8, 4) is 6.07 Å². The maximum Gasteiger partial charge on any atom is 0.242 e. The van der Waals surface area contributed by atoms with Crippen LogP contribution in [0, 0.1) is 18.3 Å². The largest absolute Gasteiger partial charge is 0.389 e. The summed E-state index contributed by atoms with van der Waals surface area (Å²) in [5.41, 5.74) is 2.77. The van der Waals surface area contributed by atoms with E-state index in [1.165, 1.54) is 0 Å². The molecule has 4 rings (SSSR count). The Bertz CT molecular complexity index is 1120. The van der Waals surface area contributed by atoms with Crippen LogP contribution in [-0.2, 0) is 30.5 Å². The number of rotatable bonds is 6. The average molecular weight is 433 g/mol. The number of nitrogens with zero attached hydrogens (tertiary/aromatic N) is 5. The predicted molar refractivity (Wildman–Crippen MR) is 119 cm³/mol. The molecule has 0 unspecified atom stereocenters. The van der Waals surface area contributed by atoms with Crippen molar-refractivity contribution in [1.29, 1.82) is 5.26 Å². The maximum absolute atomic E-state index is 12.9. The Kier molecular flexibility index (Phi) is 6.12. The summed E-state index contributed by atoms with van der Waals surface area (Å²) in [5, 5.41) is 27.9. The number of nitrogens with one attached hydrogen (secondary N) is 1. The van der Waals surface area contributed by atoms with Gasteiger partial charge in [0.05, 0.1) is 11.6 Å². The Balaban J connectivity index is 1.54. The van der Waals surface area contributed by atoms with Gasteiger partial charge in [-0.1, -0.05) is 30.3 Å². The number of nitriles is 1. The molecule has 8 nitrogen and oxygen atoms in total. The summed E-state index contributed by atoms with van der Waals surface area (Å²) in [7, 11) is 1.89. The Hall–Kier alpha value is -3.41. The number of piperidine rings is 1. The van der Waals surface area contributed by atoms with Gasteiger partial charge in [0, 0.05) is 44.8 Å². The molecule has 3 aromatic rings. The van der Waals surface area contributed by atoms with E-state index in [0.717, 1.165) is 16.8 Å². The number of β-amino-alcohol motifs (C(OH)–C–C–N with tert-alkyl or cyclic N) is 1. The van der Waals surface area contributed by atoms with E-state index in [1.807, 2.05) is 54.9 Å². The summed E-state index contributed by atoms with van der Waals surface area (Å²) < 4.78 is 3.46. The standard InChI is InChI=1S/C24H28N6O2/c1-18-19(13-21(14-25)28(18)2)15-29-12-9-24(22(31)16-29,20-7-4-3-5-8-20)27-23(32)17-30-11-6-10-26-30/h3-8,10-11,13,22,31H,9,12,15-17H2,1-2H3,(H,27,32)/t22-,24-/m1/s1. The minimum Gasteiger partial charge on any atom is -0.389 e. The molecule has 0 bridgehead atoms. The molecule has 0 spiro atoms. The summed E-state index contributed by atoms with van der Waals surface area (Å²) in [5.74, 6) is -0.192. The zero-order chi connectivity index (χ0) is 22.7. The third-order valence-corrected chi connectivity index (χ3v) is 6.49. The molecule has 2 N–H and O–H groups in total. The van der Waals surface area contributed by atoms with E-state index in [4.69, 9.17) is 0 Å². The highest BCUT2D eigenvalue weighted by Crippen LogP contribution is 2.34. The molecule has 32 heavy (non-hydrogen) atoms. The molecule has 1 amide bonds. The number of hydrogen-bond acceptors (Lipinski definition) is 5. The number of amides is 1. The van der Waals surface area contributed by atoms with Gasteiger partial charge in [-0.2, -0.15) is 10.4 Å². The van der Waals surface area contributed by atoms with Crippen LogP contribution in [0.4, 0.5) is 0 Å². The first-order valence-electron chi connectivity index (χ1n) is 10.7. The molecule has 3 heterocycles. The van der Waals surface area contributed by atoms with Crippen molar-refractivity contribution < 1.29 is 9.90 Å². The summed E-state index contributed by atoms with van der Waals surface area (Å²) >= 11 is 0. The third kappa shape index (κ3) is 4.17. The summed E-state index contributed by atoms with van der Waals surface area (Å²) in [4.78, 5) is 15.0. The van der Waals surface area contributed by atoms with Crippen LogP contribution in [0.1, 0.15) is 28.9 Å². The smallest absolute Gasteiger partial charge is 0.242 e. The second-order valence-electron chi connectivity index (χ2n) is 8.40. The third-order valence-electron chi connectivity index (χ3n) is 6.49. The van der Waals surface area contributed by atoms with Gasteiger partial charge in [0.2, 0.25) is 5.91 Å². The van der Waals surface area contributed by atoms with Gasteiger partial charge in [-0.25, -0.2) is 0 Å². The minimum atomic E-state index is -0.870. The molecule has 1 aliphatic rings. The molecule has 0 radical (unpaired) electrons. The van der Waals surface area contributed by atoms with Crippen molar-refractivity contribution >= 4 is 5.91 Å².